The molecule has 0 aliphatic rings. The maximum atomic E-state index is 8.36. The van der Waals surface area contributed by atoms with E-state index in [9.17, 15) is 0 Å². The maximum absolute atomic E-state index is 8.36. The molecule has 0 saturated carbocycles. The Morgan fingerprint density at radius 3 is 1.00 bits per heavy atom. The van der Waals surface area contributed by atoms with E-state index in [-0.39, 0.29) is 30.3 Å². The van der Waals surface area contributed by atoms with Crippen LogP contribution in [0.15, 0.2) is 0 Å². The van der Waals surface area contributed by atoms with Crippen molar-refractivity contribution in [3.05, 3.63) is 0 Å². The SMILES string of the molecule is O=CO.O=CO.[Cr]. The van der Waals surface area contributed by atoms with Crippen LogP contribution in [-0.2, 0) is 27.0 Å². The molecule has 0 fully saturated rings. The second-order valence-corrected chi connectivity index (χ2v) is 0.211. The van der Waals surface area contributed by atoms with Gasteiger partial charge in [0.15, 0.2) is 0 Å². The Balaban J connectivity index is -0.0000000400. The number of carboxylic acid groups (broad SMARTS) is 2. The van der Waals surface area contributed by atoms with E-state index >= 15 is 0 Å². The van der Waals surface area contributed by atoms with Gasteiger partial charge in [-0.1, -0.05) is 0 Å². The van der Waals surface area contributed by atoms with E-state index in [4.69, 9.17) is 19.8 Å². The van der Waals surface area contributed by atoms with E-state index in [0.717, 1.165) is 0 Å². The number of hydrogen-bond acceptors (Lipinski definition) is 2. The van der Waals surface area contributed by atoms with Crippen molar-refractivity contribution in [2.24, 2.45) is 0 Å². The Kier molecular flexibility index (Phi) is 116. The smallest absolute Gasteiger partial charge is 0.290 e. The summed E-state index contributed by atoms with van der Waals surface area (Å²) >= 11 is 0. The van der Waals surface area contributed by atoms with Crippen LogP contribution in [0.1, 0.15) is 0 Å². The Hall–Kier alpha value is -0.528. The van der Waals surface area contributed by atoms with Gasteiger partial charge in [-0.2, -0.15) is 0 Å². The Morgan fingerprint density at radius 2 is 1.00 bits per heavy atom. The van der Waals surface area contributed by atoms with Crippen molar-refractivity contribution in [2.75, 3.05) is 0 Å². The molecule has 0 saturated heterocycles. The standard InChI is InChI=1S/2CH2O2.Cr/c2*2-1-3;/h2*1H,(H,2,3);. The third-order valence-corrected chi connectivity index (χ3v) is 0. The quantitative estimate of drug-likeness (QED) is 0.445. The molecule has 0 heterocycles. The van der Waals surface area contributed by atoms with Crippen molar-refractivity contribution < 1.29 is 37.2 Å². The first-order valence-corrected chi connectivity index (χ1v) is 0.988. The molecule has 0 radical (unpaired) electrons. The Labute approximate surface area is 50.9 Å². The van der Waals surface area contributed by atoms with Crippen molar-refractivity contribution in [3.8, 4) is 0 Å². The predicted octanol–water partition coefficient (Wildman–Crippen LogP) is -0.601. The van der Waals surface area contributed by atoms with Gasteiger partial charge < -0.3 is 10.2 Å². The summed E-state index contributed by atoms with van der Waals surface area (Å²) in [5, 5.41) is 13.8. The van der Waals surface area contributed by atoms with E-state index in [0.29, 0.717) is 0 Å². The molecule has 0 aromatic heterocycles. The first kappa shape index (κ1) is 16.1. The summed E-state index contributed by atoms with van der Waals surface area (Å²) in [6, 6.07) is 0. The van der Waals surface area contributed by atoms with Crippen LogP contribution in [0.25, 0.3) is 0 Å². The zero-order chi connectivity index (χ0) is 5.41. The number of carbonyl (C=O) groups is 2. The first-order chi connectivity index (χ1) is 2.83. The summed E-state index contributed by atoms with van der Waals surface area (Å²) in [7, 11) is 0. The topological polar surface area (TPSA) is 74.6 Å². The van der Waals surface area contributed by atoms with Crippen LogP contribution in [0.5, 0.6) is 0 Å². The predicted molar refractivity (Wildman–Crippen MR) is 17.4 cm³/mol. The molecule has 0 rings (SSSR count). The van der Waals surface area contributed by atoms with Crippen LogP contribution >= 0.6 is 0 Å². The molecule has 0 amide bonds. The second-order valence-electron chi connectivity index (χ2n) is 0.211. The Morgan fingerprint density at radius 1 is 1.00 bits per heavy atom. The fourth-order valence-electron chi connectivity index (χ4n) is 0. The average Bonchev–Trinajstić information content (AvgIpc) is 1.39. The third-order valence-electron chi connectivity index (χ3n) is 0. The minimum absolute atomic E-state index is 0. The summed E-state index contributed by atoms with van der Waals surface area (Å²) in [6.07, 6.45) is 0. The number of rotatable bonds is 0. The molecule has 7 heavy (non-hydrogen) atoms. The molecule has 5 heteroatoms. The largest absolute Gasteiger partial charge is 0.483 e. The minimum atomic E-state index is -0.250. The van der Waals surface area contributed by atoms with Gasteiger partial charge in [-0.3, -0.25) is 9.59 Å². The molecular weight excluding hydrogens is 140 g/mol. The molecule has 0 bridgehead atoms. The van der Waals surface area contributed by atoms with Crippen LogP contribution in [0, 0.1) is 0 Å². The zero-order valence-corrected chi connectivity index (χ0v) is 4.55. The molecule has 0 unspecified atom stereocenters. The average molecular weight is 144 g/mol. The van der Waals surface area contributed by atoms with Gasteiger partial charge in [0.05, 0.1) is 0 Å². The van der Waals surface area contributed by atoms with Crippen molar-refractivity contribution in [2.45, 2.75) is 0 Å². The van der Waals surface area contributed by atoms with Crippen molar-refractivity contribution >= 4 is 12.9 Å². The molecule has 0 aromatic carbocycles. The monoisotopic (exact) mass is 144 g/mol. The van der Waals surface area contributed by atoms with E-state index in [1.54, 1.807) is 0 Å². The Bertz CT molecular complexity index is 30.7. The fourth-order valence-corrected chi connectivity index (χ4v) is 0. The molecule has 2 N–H and O–H groups in total. The van der Waals surface area contributed by atoms with Crippen molar-refractivity contribution in [1.29, 1.82) is 0 Å². The van der Waals surface area contributed by atoms with Gasteiger partial charge in [0.25, 0.3) is 12.9 Å². The molecule has 0 aliphatic heterocycles. The van der Waals surface area contributed by atoms with Crippen molar-refractivity contribution in [3.63, 3.8) is 0 Å². The van der Waals surface area contributed by atoms with E-state index < -0.39 is 0 Å². The van der Waals surface area contributed by atoms with Gasteiger partial charge in [0.1, 0.15) is 0 Å². The summed E-state index contributed by atoms with van der Waals surface area (Å²) in [5.74, 6) is 0. The zero-order valence-electron chi connectivity index (χ0n) is 3.27. The summed E-state index contributed by atoms with van der Waals surface area (Å²) in [5.41, 5.74) is 0. The van der Waals surface area contributed by atoms with E-state index in [1.807, 2.05) is 0 Å². The van der Waals surface area contributed by atoms with Crippen LogP contribution in [0.4, 0.5) is 0 Å². The summed E-state index contributed by atoms with van der Waals surface area (Å²) in [4.78, 5) is 16.7. The number of hydrogen-bond donors (Lipinski definition) is 2. The molecule has 0 aliphatic carbocycles. The molecule has 42 valence electrons. The van der Waals surface area contributed by atoms with Gasteiger partial charge in [-0.15, -0.1) is 0 Å². The van der Waals surface area contributed by atoms with E-state index in [2.05, 4.69) is 0 Å². The van der Waals surface area contributed by atoms with Gasteiger partial charge in [-0.05, 0) is 0 Å². The third kappa shape index (κ3) is 237. The first-order valence-electron chi connectivity index (χ1n) is 0.988. The van der Waals surface area contributed by atoms with Crippen LogP contribution in [0.2, 0.25) is 0 Å². The normalized spacial score (nSPS) is 3.43. The van der Waals surface area contributed by atoms with Crippen LogP contribution in [-0.4, -0.2) is 23.2 Å². The van der Waals surface area contributed by atoms with Gasteiger partial charge in [0, 0.05) is 17.4 Å². The minimum Gasteiger partial charge on any atom is -0.483 e. The van der Waals surface area contributed by atoms with Gasteiger partial charge in [0.2, 0.25) is 0 Å². The molecule has 0 atom stereocenters. The summed E-state index contributed by atoms with van der Waals surface area (Å²) < 4.78 is 0. The summed E-state index contributed by atoms with van der Waals surface area (Å²) in [6.45, 7) is -0.500. The molecule has 0 aromatic rings. The maximum Gasteiger partial charge on any atom is 0.290 e. The van der Waals surface area contributed by atoms with Crippen LogP contribution in [0.3, 0.4) is 0 Å². The molecule has 0 spiro atoms. The molecular formula is C2H4CrO4. The fraction of sp³-hybridized carbons (Fsp3) is 0. The van der Waals surface area contributed by atoms with Gasteiger partial charge in [-0.25, -0.2) is 0 Å². The second kappa shape index (κ2) is 50.5. The van der Waals surface area contributed by atoms with E-state index in [1.165, 1.54) is 0 Å². The van der Waals surface area contributed by atoms with Crippen LogP contribution < -0.4 is 0 Å². The van der Waals surface area contributed by atoms with Gasteiger partial charge >= 0.3 is 0 Å². The van der Waals surface area contributed by atoms with Crippen molar-refractivity contribution in [1.82, 2.24) is 0 Å². The molecule has 4 nitrogen and oxygen atoms in total.